The van der Waals surface area contributed by atoms with Crippen molar-refractivity contribution in [3.63, 3.8) is 0 Å². The zero-order chi connectivity index (χ0) is 18.2. The van der Waals surface area contributed by atoms with Gasteiger partial charge < -0.3 is 9.76 Å². The summed E-state index contributed by atoms with van der Waals surface area (Å²) < 4.78 is 19.8. The monoisotopic (exact) mass is 339 g/mol. The molecule has 0 aliphatic carbocycles. The molecule has 0 unspecified atom stereocenters. The van der Waals surface area contributed by atoms with Gasteiger partial charge in [0.15, 0.2) is 0 Å². The molecule has 5 nitrogen and oxygen atoms in total. The summed E-state index contributed by atoms with van der Waals surface area (Å²) in [7, 11) is 0.833. The molecule has 127 valence electrons. The van der Waals surface area contributed by atoms with Crippen LogP contribution in [0.4, 0.5) is 9.18 Å². The minimum Gasteiger partial charge on any atom is -0.449 e. The molecule has 2 aromatic heterocycles. The van der Waals surface area contributed by atoms with Gasteiger partial charge in [0.2, 0.25) is 0 Å². The highest BCUT2D eigenvalue weighted by molar-refractivity contribution is 6.46. The van der Waals surface area contributed by atoms with Crippen LogP contribution in [0.3, 0.4) is 0 Å². The molecule has 0 saturated carbocycles. The summed E-state index contributed by atoms with van der Waals surface area (Å²) in [6.45, 7) is 5.28. The Morgan fingerprint density at radius 1 is 1.24 bits per heavy atom. The van der Waals surface area contributed by atoms with Gasteiger partial charge in [0.05, 0.1) is 0 Å². The smallest absolute Gasteiger partial charge is 0.419 e. The Kier molecular flexibility index (Phi) is 4.35. The van der Waals surface area contributed by atoms with Crippen molar-refractivity contribution in [2.45, 2.75) is 26.4 Å². The standard InChI is InChI=1S/C18H17BFN2O3/c1-18(2,3)25-17(23)22-15(19-24)10-14-13(8-9-21-16(14)22)11-4-6-12(20)7-5-11/h4-10,24H,1-3H3. The Morgan fingerprint density at radius 3 is 2.52 bits per heavy atom. The van der Waals surface area contributed by atoms with Crippen molar-refractivity contribution in [1.29, 1.82) is 0 Å². The summed E-state index contributed by atoms with van der Waals surface area (Å²) in [5, 5.41) is 10.2. The fraction of sp³-hybridized carbons (Fsp3) is 0.222. The number of hydrogen-bond donors (Lipinski definition) is 1. The molecule has 1 radical (unpaired) electrons. The van der Waals surface area contributed by atoms with Gasteiger partial charge in [-0.2, -0.15) is 0 Å². The van der Waals surface area contributed by atoms with Gasteiger partial charge in [-0.25, -0.2) is 18.7 Å². The minimum absolute atomic E-state index is 0.256. The summed E-state index contributed by atoms with van der Waals surface area (Å²) in [5.74, 6) is -0.329. The number of carbonyl (C=O) groups excluding carboxylic acids is 1. The Labute approximate surface area is 145 Å². The molecule has 0 spiro atoms. The molecule has 1 N–H and O–H groups in total. The lowest BCUT2D eigenvalue weighted by Gasteiger charge is -2.20. The van der Waals surface area contributed by atoms with Crippen molar-refractivity contribution >= 4 is 30.2 Å². The van der Waals surface area contributed by atoms with Gasteiger partial charge in [0, 0.05) is 17.2 Å². The number of benzene rings is 1. The normalized spacial score (nSPS) is 11.6. The average Bonchev–Trinajstić information content (AvgIpc) is 2.92. The second-order valence-corrected chi connectivity index (χ2v) is 6.62. The Hall–Kier alpha value is -2.67. The van der Waals surface area contributed by atoms with Crippen LogP contribution in [0.15, 0.2) is 42.6 Å². The average molecular weight is 339 g/mol. The van der Waals surface area contributed by atoms with Gasteiger partial charge in [-0.15, -0.1) is 0 Å². The number of nitrogens with zero attached hydrogens (tertiary/aromatic N) is 2. The van der Waals surface area contributed by atoms with Crippen LogP contribution in [0.5, 0.6) is 0 Å². The predicted molar refractivity (Wildman–Crippen MR) is 94.4 cm³/mol. The van der Waals surface area contributed by atoms with Crippen molar-refractivity contribution in [3.8, 4) is 11.1 Å². The van der Waals surface area contributed by atoms with Crippen LogP contribution in [-0.2, 0) is 4.74 Å². The second-order valence-electron chi connectivity index (χ2n) is 6.62. The molecule has 0 amide bonds. The van der Waals surface area contributed by atoms with Gasteiger partial charge in [0.1, 0.15) is 17.1 Å². The number of fused-ring (bicyclic) bond motifs is 1. The van der Waals surface area contributed by atoms with Crippen LogP contribution in [0.25, 0.3) is 22.2 Å². The zero-order valence-electron chi connectivity index (χ0n) is 14.2. The molecule has 0 fully saturated rings. The van der Waals surface area contributed by atoms with Crippen molar-refractivity contribution in [2.24, 2.45) is 0 Å². The molecule has 0 bridgehead atoms. The minimum atomic E-state index is -0.686. The van der Waals surface area contributed by atoms with Crippen LogP contribution < -0.4 is 5.59 Å². The SMILES string of the molecule is CC(C)(C)OC(=O)n1c([B]O)cc2c(-c3ccc(F)cc3)ccnc21. The fourth-order valence-corrected chi connectivity index (χ4v) is 2.59. The van der Waals surface area contributed by atoms with Gasteiger partial charge in [0.25, 0.3) is 0 Å². The maximum atomic E-state index is 13.2. The third kappa shape index (κ3) is 3.41. The van der Waals surface area contributed by atoms with Gasteiger partial charge in [-0.05, 0) is 56.2 Å². The number of ether oxygens (including phenoxy) is 1. The Balaban J connectivity index is 2.18. The van der Waals surface area contributed by atoms with Crippen molar-refractivity contribution in [1.82, 2.24) is 9.55 Å². The molecule has 1 aromatic carbocycles. The topological polar surface area (TPSA) is 64.3 Å². The van der Waals surface area contributed by atoms with E-state index in [0.29, 0.717) is 11.0 Å². The summed E-state index contributed by atoms with van der Waals surface area (Å²) in [5.41, 5.74) is 1.48. The van der Waals surface area contributed by atoms with Gasteiger partial charge >= 0.3 is 13.6 Å². The number of pyridine rings is 1. The van der Waals surface area contributed by atoms with Gasteiger partial charge in [-0.1, -0.05) is 12.1 Å². The highest BCUT2D eigenvalue weighted by atomic mass is 19.1. The van der Waals surface area contributed by atoms with Crippen molar-refractivity contribution in [3.05, 3.63) is 48.4 Å². The highest BCUT2D eigenvalue weighted by Crippen LogP contribution is 2.28. The quantitative estimate of drug-likeness (QED) is 0.729. The van der Waals surface area contributed by atoms with Crippen molar-refractivity contribution in [2.75, 3.05) is 0 Å². The first kappa shape index (κ1) is 17.2. The molecule has 7 heteroatoms. The number of halogens is 1. The molecule has 0 aliphatic heterocycles. The first-order chi connectivity index (χ1) is 11.8. The van der Waals surface area contributed by atoms with E-state index in [9.17, 15) is 14.2 Å². The molecule has 0 aliphatic rings. The highest BCUT2D eigenvalue weighted by Gasteiger charge is 2.24. The van der Waals surface area contributed by atoms with Crippen LogP contribution >= 0.6 is 0 Å². The fourth-order valence-electron chi connectivity index (χ4n) is 2.59. The van der Waals surface area contributed by atoms with Crippen LogP contribution in [0.1, 0.15) is 20.8 Å². The molecule has 3 aromatic rings. The summed E-state index contributed by atoms with van der Waals surface area (Å²) in [6, 6.07) is 9.45. The summed E-state index contributed by atoms with van der Waals surface area (Å²) >= 11 is 0. The van der Waals surface area contributed by atoms with Crippen LogP contribution in [0, 0.1) is 5.82 Å². The number of rotatable bonds is 2. The number of carbonyl (C=O) groups is 1. The lowest BCUT2D eigenvalue weighted by molar-refractivity contribution is 0.0548. The second kappa shape index (κ2) is 6.33. The molecule has 0 atom stereocenters. The third-order valence-electron chi connectivity index (χ3n) is 3.59. The maximum Gasteiger partial charge on any atom is 0.419 e. The summed E-state index contributed by atoms with van der Waals surface area (Å²) in [4.78, 5) is 16.8. The van der Waals surface area contributed by atoms with Crippen LogP contribution in [0.2, 0.25) is 0 Å². The van der Waals surface area contributed by atoms with E-state index >= 15 is 0 Å². The Bertz CT molecular complexity index is 930. The molecular weight excluding hydrogens is 322 g/mol. The van der Waals surface area contributed by atoms with E-state index in [1.807, 2.05) is 0 Å². The first-order valence-corrected chi connectivity index (χ1v) is 7.77. The molecule has 25 heavy (non-hydrogen) atoms. The van der Waals surface area contributed by atoms with E-state index in [0.717, 1.165) is 18.6 Å². The molecule has 0 saturated heterocycles. The van der Waals surface area contributed by atoms with E-state index in [4.69, 9.17) is 4.74 Å². The van der Waals surface area contributed by atoms with E-state index in [-0.39, 0.29) is 11.4 Å². The maximum absolute atomic E-state index is 13.2. The number of aromatic nitrogens is 2. The summed E-state index contributed by atoms with van der Waals surface area (Å²) in [6.07, 6.45) is 0.926. The predicted octanol–water partition coefficient (Wildman–Crippen LogP) is 2.86. The lowest BCUT2D eigenvalue weighted by Crippen LogP contribution is -2.34. The first-order valence-electron chi connectivity index (χ1n) is 7.77. The van der Waals surface area contributed by atoms with E-state index in [1.54, 1.807) is 51.2 Å². The Morgan fingerprint density at radius 2 is 1.92 bits per heavy atom. The molecular formula is C18H17BFN2O3. The third-order valence-corrected chi connectivity index (χ3v) is 3.59. The van der Waals surface area contributed by atoms with E-state index in [1.165, 1.54) is 16.7 Å². The molecule has 2 heterocycles. The van der Waals surface area contributed by atoms with Crippen LogP contribution in [-0.4, -0.2) is 33.8 Å². The zero-order valence-corrected chi connectivity index (χ0v) is 14.2. The van der Waals surface area contributed by atoms with E-state index < -0.39 is 11.7 Å². The van der Waals surface area contributed by atoms with Gasteiger partial charge in [-0.3, -0.25) is 0 Å². The largest absolute Gasteiger partial charge is 0.449 e. The molecule has 3 rings (SSSR count). The number of hydrogen-bond acceptors (Lipinski definition) is 4. The van der Waals surface area contributed by atoms with Crippen molar-refractivity contribution < 1.29 is 18.9 Å². The van der Waals surface area contributed by atoms with E-state index in [2.05, 4.69) is 4.98 Å². The lowest BCUT2D eigenvalue weighted by atomic mass is 9.95.